The van der Waals surface area contributed by atoms with Gasteiger partial charge in [0.2, 0.25) is 0 Å². The van der Waals surface area contributed by atoms with E-state index < -0.39 is 0 Å². The molecule has 0 saturated heterocycles. The zero-order chi connectivity index (χ0) is 14.5. The summed E-state index contributed by atoms with van der Waals surface area (Å²) in [6, 6.07) is 12.3. The van der Waals surface area contributed by atoms with Crippen molar-refractivity contribution in [3.05, 3.63) is 51.1 Å². The van der Waals surface area contributed by atoms with Crippen LogP contribution in [0.15, 0.2) is 42.5 Å². The van der Waals surface area contributed by atoms with Gasteiger partial charge in [0.25, 0.3) is 5.91 Å². The Morgan fingerprint density at radius 1 is 1.25 bits per heavy atom. The fourth-order valence-corrected chi connectivity index (χ4v) is 2.09. The highest BCUT2D eigenvalue weighted by Gasteiger charge is 2.07. The fraction of sp³-hybridized carbons (Fsp3) is 0.0714. The minimum Gasteiger partial charge on any atom is -0.484 e. The van der Waals surface area contributed by atoms with Crippen LogP contribution in [0, 0.1) is 3.57 Å². The Balaban J connectivity index is 1.90. The van der Waals surface area contributed by atoms with Gasteiger partial charge >= 0.3 is 0 Å². The molecule has 0 aliphatic heterocycles. The number of hydrogen-bond donors (Lipinski definition) is 2. The number of carbonyl (C=O) groups is 1. The topological polar surface area (TPSA) is 64.3 Å². The molecule has 4 nitrogen and oxygen atoms in total. The van der Waals surface area contributed by atoms with E-state index >= 15 is 0 Å². The molecular weight excluding hydrogens is 391 g/mol. The van der Waals surface area contributed by atoms with Crippen molar-refractivity contribution >= 4 is 51.5 Å². The van der Waals surface area contributed by atoms with Crippen molar-refractivity contribution < 1.29 is 9.53 Å². The summed E-state index contributed by atoms with van der Waals surface area (Å²) in [4.78, 5) is 11.8. The number of amides is 1. The van der Waals surface area contributed by atoms with E-state index in [2.05, 4.69) is 27.9 Å². The van der Waals surface area contributed by atoms with Crippen LogP contribution < -0.4 is 15.8 Å². The van der Waals surface area contributed by atoms with Crippen LogP contribution in [0.4, 0.5) is 11.4 Å². The van der Waals surface area contributed by atoms with E-state index in [-0.39, 0.29) is 12.5 Å². The molecule has 2 aromatic carbocycles. The number of nitrogens with one attached hydrogen (secondary N) is 1. The third kappa shape index (κ3) is 4.28. The molecule has 2 rings (SSSR count). The smallest absolute Gasteiger partial charge is 0.262 e. The van der Waals surface area contributed by atoms with Crippen LogP contribution in [0.1, 0.15) is 0 Å². The number of hydrogen-bond acceptors (Lipinski definition) is 3. The SMILES string of the molecule is Nc1ccc(NC(=O)COc2ccc(I)cc2)c(Cl)c1. The van der Waals surface area contributed by atoms with Crippen LogP contribution in [-0.4, -0.2) is 12.5 Å². The van der Waals surface area contributed by atoms with E-state index in [1.165, 1.54) is 0 Å². The first kappa shape index (κ1) is 14.9. The van der Waals surface area contributed by atoms with Gasteiger partial charge < -0.3 is 15.8 Å². The Morgan fingerprint density at radius 3 is 2.60 bits per heavy atom. The molecule has 0 spiro atoms. The fourth-order valence-electron chi connectivity index (χ4n) is 1.50. The molecule has 0 aliphatic carbocycles. The highest BCUT2D eigenvalue weighted by molar-refractivity contribution is 14.1. The second-order valence-electron chi connectivity index (χ2n) is 4.03. The number of ether oxygens (including phenoxy) is 1. The second-order valence-corrected chi connectivity index (χ2v) is 5.68. The number of nitrogens with two attached hydrogens (primary N) is 1. The Labute approximate surface area is 135 Å². The number of benzene rings is 2. The van der Waals surface area contributed by atoms with Gasteiger partial charge in [-0.25, -0.2) is 0 Å². The van der Waals surface area contributed by atoms with Gasteiger partial charge in [0.1, 0.15) is 5.75 Å². The maximum absolute atomic E-state index is 11.8. The van der Waals surface area contributed by atoms with E-state index in [1.807, 2.05) is 24.3 Å². The highest BCUT2D eigenvalue weighted by Crippen LogP contribution is 2.24. The molecule has 6 heteroatoms. The summed E-state index contributed by atoms with van der Waals surface area (Å²) in [6.07, 6.45) is 0. The molecule has 2 aromatic rings. The summed E-state index contributed by atoms with van der Waals surface area (Å²) in [5, 5.41) is 3.06. The van der Waals surface area contributed by atoms with E-state index in [0.29, 0.717) is 22.1 Å². The molecule has 0 saturated carbocycles. The van der Waals surface area contributed by atoms with Gasteiger partial charge in [-0.15, -0.1) is 0 Å². The molecule has 0 aromatic heterocycles. The second kappa shape index (κ2) is 6.81. The summed E-state index contributed by atoms with van der Waals surface area (Å²) in [5.41, 5.74) is 6.64. The maximum atomic E-state index is 11.8. The van der Waals surface area contributed by atoms with E-state index in [9.17, 15) is 4.79 Å². The Hall–Kier alpha value is -1.47. The molecule has 0 atom stereocenters. The van der Waals surface area contributed by atoms with Crippen molar-refractivity contribution in [2.45, 2.75) is 0 Å². The summed E-state index contributed by atoms with van der Waals surface area (Å²) in [5.74, 6) is 0.360. The first-order chi connectivity index (χ1) is 9.54. The van der Waals surface area contributed by atoms with Gasteiger partial charge in [-0.05, 0) is 65.1 Å². The molecule has 0 bridgehead atoms. The minimum atomic E-state index is -0.282. The van der Waals surface area contributed by atoms with Gasteiger partial charge in [0, 0.05) is 9.26 Å². The molecular formula is C14H12ClIN2O2. The average Bonchev–Trinajstić information content (AvgIpc) is 2.41. The molecule has 104 valence electrons. The van der Waals surface area contributed by atoms with Gasteiger partial charge in [-0.2, -0.15) is 0 Å². The summed E-state index contributed by atoms with van der Waals surface area (Å²) < 4.78 is 6.48. The van der Waals surface area contributed by atoms with Gasteiger partial charge in [0.15, 0.2) is 6.61 Å². The zero-order valence-corrected chi connectivity index (χ0v) is 13.3. The molecule has 20 heavy (non-hydrogen) atoms. The Morgan fingerprint density at radius 2 is 1.95 bits per heavy atom. The lowest BCUT2D eigenvalue weighted by Crippen LogP contribution is -2.20. The van der Waals surface area contributed by atoms with Crippen LogP contribution in [0.2, 0.25) is 5.02 Å². The van der Waals surface area contributed by atoms with Gasteiger partial charge in [-0.1, -0.05) is 11.6 Å². The maximum Gasteiger partial charge on any atom is 0.262 e. The molecule has 0 unspecified atom stereocenters. The molecule has 0 heterocycles. The average molecular weight is 403 g/mol. The molecule has 0 aliphatic rings. The molecule has 0 radical (unpaired) electrons. The van der Waals surface area contributed by atoms with Crippen molar-refractivity contribution in [1.29, 1.82) is 0 Å². The van der Waals surface area contributed by atoms with Crippen LogP contribution in [0.25, 0.3) is 0 Å². The monoisotopic (exact) mass is 402 g/mol. The van der Waals surface area contributed by atoms with Gasteiger partial charge in [-0.3, -0.25) is 4.79 Å². The van der Waals surface area contributed by atoms with Crippen molar-refractivity contribution in [2.75, 3.05) is 17.7 Å². The summed E-state index contributed by atoms with van der Waals surface area (Å²) >= 11 is 8.17. The van der Waals surface area contributed by atoms with Crippen molar-refractivity contribution in [3.63, 3.8) is 0 Å². The van der Waals surface area contributed by atoms with Gasteiger partial charge in [0.05, 0.1) is 10.7 Å². The predicted octanol–water partition coefficient (Wildman–Crippen LogP) is 3.54. The Bertz CT molecular complexity index is 617. The third-order valence-electron chi connectivity index (χ3n) is 2.45. The normalized spacial score (nSPS) is 10.1. The van der Waals surface area contributed by atoms with E-state index in [0.717, 1.165) is 3.57 Å². The minimum absolute atomic E-state index is 0.0820. The number of halogens is 2. The van der Waals surface area contributed by atoms with E-state index in [4.69, 9.17) is 22.1 Å². The standard InChI is InChI=1S/C14H12ClIN2O2/c15-12-7-10(17)3-6-13(12)18-14(19)8-20-11-4-1-9(16)2-5-11/h1-7H,8,17H2,(H,18,19). The first-order valence-electron chi connectivity index (χ1n) is 5.78. The number of carbonyl (C=O) groups excluding carboxylic acids is 1. The quantitative estimate of drug-likeness (QED) is 0.607. The number of nitrogen functional groups attached to an aromatic ring is 1. The molecule has 0 fully saturated rings. The summed E-state index contributed by atoms with van der Waals surface area (Å²) in [7, 11) is 0. The number of rotatable bonds is 4. The molecule has 3 N–H and O–H groups in total. The largest absolute Gasteiger partial charge is 0.484 e. The van der Waals surface area contributed by atoms with Crippen molar-refractivity contribution in [2.24, 2.45) is 0 Å². The zero-order valence-electron chi connectivity index (χ0n) is 10.4. The van der Waals surface area contributed by atoms with Crippen LogP contribution in [0.3, 0.4) is 0 Å². The van der Waals surface area contributed by atoms with Crippen LogP contribution in [0.5, 0.6) is 5.75 Å². The summed E-state index contributed by atoms with van der Waals surface area (Å²) in [6.45, 7) is -0.0820. The van der Waals surface area contributed by atoms with Crippen molar-refractivity contribution in [3.8, 4) is 5.75 Å². The van der Waals surface area contributed by atoms with Crippen LogP contribution in [-0.2, 0) is 4.79 Å². The van der Waals surface area contributed by atoms with Crippen molar-refractivity contribution in [1.82, 2.24) is 0 Å². The lowest BCUT2D eigenvalue weighted by Gasteiger charge is -2.09. The lowest BCUT2D eigenvalue weighted by atomic mass is 10.3. The third-order valence-corrected chi connectivity index (χ3v) is 3.48. The predicted molar refractivity (Wildman–Crippen MR) is 89.1 cm³/mol. The highest BCUT2D eigenvalue weighted by atomic mass is 127. The lowest BCUT2D eigenvalue weighted by molar-refractivity contribution is -0.118. The molecule has 1 amide bonds. The number of anilines is 2. The van der Waals surface area contributed by atoms with E-state index in [1.54, 1.807) is 18.2 Å². The first-order valence-corrected chi connectivity index (χ1v) is 7.23. The van der Waals surface area contributed by atoms with Crippen LogP contribution >= 0.6 is 34.2 Å². The Kier molecular flexibility index (Phi) is 5.08.